The molecule has 0 radical (unpaired) electrons. The first-order valence-electron chi connectivity index (χ1n) is 16.4. The van der Waals surface area contributed by atoms with Crippen molar-refractivity contribution in [3.05, 3.63) is 42.5 Å². The molecule has 6 rings (SSSR count). The topological polar surface area (TPSA) is 330 Å². The highest BCUT2D eigenvalue weighted by molar-refractivity contribution is 5.88. The largest absolute Gasteiger partial charge is 0.508 e. The van der Waals surface area contributed by atoms with E-state index in [9.17, 15) is 66.4 Å². The number of phenols is 2. The molecule has 20 nitrogen and oxygen atoms in total. The van der Waals surface area contributed by atoms with Gasteiger partial charge in [-0.1, -0.05) is 0 Å². The van der Waals surface area contributed by atoms with Crippen molar-refractivity contribution in [2.24, 2.45) is 0 Å². The third-order valence-corrected chi connectivity index (χ3v) is 9.23. The molecule has 0 bridgehead atoms. The average Bonchev–Trinajstić information content (AvgIpc) is 3.14. The Morgan fingerprint density at radius 3 is 1.62 bits per heavy atom. The number of rotatable bonds is 10. The second-order valence-corrected chi connectivity index (χ2v) is 12.8. The van der Waals surface area contributed by atoms with E-state index in [1.807, 2.05) is 0 Å². The number of fused-ring (bicyclic) bond motifs is 1. The molecule has 292 valence electrons. The quantitative estimate of drug-likeness (QED) is 0.0876. The number of aromatic hydroxyl groups is 2. The first-order valence-corrected chi connectivity index (χ1v) is 16.4. The highest BCUT2D eigenvalue weighted by atomic mass is 16.8. The molecule has 0 spiro atoms. The van der Waals surface area contributed by atoms with Crippen molar-refractivity contribution in [3.63, 3.8) is 0 Å². The van der Waals surface area contributed by atoms with Crippen LogP contribution in [0, 0.1) is 0 Å². The summed E-state index contributed by atoms with van der Waals surface area (Å²) in [6.45, 7) is -2.38. The van der Waals surface area contributed by atoms with Crippen molar-refractivity contribution in [1.29, 1.82) is 0 Å². The van der Waals surface area contributed by atoms with E-state index in [1.165, 1.54) is 36.4 Å². The molecule has 0 aliphatic carbocycles. The molecule has 53 heavy (non-hydrogen) atoms. The summed E-state index contributed by atoms with van der Waals surface area (Å²) >= 11 is 0. The summed E-state index contributed by atoms with van der Waals surface area (Å²) in [5.41, 5.74) is 0.198. The van der Waals surface area contributed by atoms with Gasteiger partial charge in [-0.05, 0) is 24.3 Å². The second-order valence-electron chi connectivity index (χ2n) is 12.8. The SMILES string of the molecule is OCC1O[C@@H](Oc2cc3c(O[C@@H]4OC(CO)[C@@H](O)[C@H](O)C4O)cc(O)cc3[o+]c2-c2ccc(O)cc2)C(O[C@@H]2OC(CO)[C@@H](O)C(O)[C@H]2O)C(O)[C@@H]1O. The lowest BCUT2D eigenvalue weighted by atomic mass is 9.97. The lowest BCUT2D eigenvalue weighted by molar-refractivity contribution is -0.357. The van der Waals surface area contributed by atoms with Crippen LogP contribution in [0.25, 0.3) is 22.3 Å². The molecule has 7 unspecified atom stereocenters. The molecule has 3 aromatic rings. The molecule has 4 heterocycles. The smallest absolute Gasteiger partial charge is 0.402 e. The summed E-state index contributed by atoms with van der Waals surface area (Å²) in [7, 11) is 0. The number of hydrogen-bond donors (Lipinski definition) is 13. The Hall–Kier alpha value is -3.55. The van der Waals surface area contributed by atoms with E-state index in [0.717, 1.165) is 6.07 Å². The first-order chi connectivity index (χ1) is 25.3. The number of ether oxygens (including phenoxy) is 6. The van der Waals surface area contributed by atoms with Gasteiger partial charge in [0, 0.05) is 12.1 Å². The predicted octanol–water partition coefficient (Wildman–Crippen LogP) is -4.03. The maximum atomic E-state index is 11.2. The van der Waals surface area contributed by atoms with Crippen LogP contribution in [-0.4, -0.2) is 178 Å². The molecule has 2 aromatic carbocycles. The van der Waals surface area contributed by atoms with E-state index in [2.05, 4.69) is 0 Å². The summed E-state index contributed by atoms with van der Waals surface area (Å²) < 4.78 is 40.6. The Labute approximate surface area is 299 Å². The zero-order chi connectivity index (χ0) is 38.3. The average molecular weight is 758 g/mol. The van der Waals surface area contributed by atoms with Crippen molar-refractivity contribution < 1.29 is 99.2 Å². The summed E-state index contributed by atoms with van der Waals surface area (Å²) in [4.78, 5) is 0. The normalized spacial score (nSPS) is 37.8. The minimum atomic E-state index is -1.94. The van der Waals surface area contributed by atoms with Gasteiger partial charge in [0.1, 0.15) is 89.8 Å². The number of aliphatic hydroxyl groups excluding tert-OH is 11. The van der Waals surface area contributed by atoms with E-state index >= 15 is 0 Å². The highest BCUT2D eigenvalue weighted by Gasteiger charge is 2.52. The molecule has 3 fully saturated rings. The van der Waals surface area contributed by atoms with Crippen LogP contribution in [0.4, 0.5) is 0 Å². The highest BCUT2D eigenvalue weighted by Crippen LogP contribution is 2.42. The molecule has 0 saturated carbocycles. The molecular formula is C33H41O20+. The van der Waals surface area contributed by atoms with Gasteiger partial charge in [-0.25, -0.2) is 4.42 Å². The Bertz CT molecular complexity index is 1690. The Morgan fingerprint density at radius 1 is 0.528 bits per heavy atom. The van der Waals surface area contributed by atoms with Crippen LogP contribution < -0.4 is 9.47 Å². The molecule has 20 heteroatoms. The Balaban J connectivity index is 1.42. The van der Waals surface area contributed by atoms with Crippen LogP contribution in [0.5, 0.6) is 23.0 Å². The van der Waals surface area contributed by atoms with Crippen molar-refractivity contribution in [3.8, 4) is 34.3 Å². The van der Waals surface area contributed by atoms with Gasteiger partial charge < -0.3 is 94.8 Å². The monoisotopic (exact) mass is 757 g/mol. The van der Waals surface area contributed by atoms with Crippen LogP contribution >= 0.6 is 0 Å². The molecule has 3 aliphatic rings. The standard InChI is InChI=1S/C33H40O20/c34-8-18-21(39)24(42)27(45)31(50-18)48-16-6-13(38)5-15-14(16)7-17(29(47-15)11-1-3-12(37)4-2-11)49-33-30(26(44)23(41)20(10-36)52-33)53-32-28(46)25(43)22(40)19(9-35)51-32/h1-7,18-28,30-36,39-46H,8-10H2,(H-,37,38)/p+1/t18?,19?,20?,21-,22-,23-,24+,25?,26?,27?,28-,30?,31-,32+,33-/m1/s1. The molecule has 3 aliphatic heterocycles. The van der Waals surface area contributed by atoms with E-state index in [4.69, 9.17) is 32.8 Å². The van der Waals surface area contributed by atoms with E-state index in [-0.39, 0.29) is 39.5 Å². The number of hydrogen-bond acceptors (Lipinski definition) is 19. The molecule has 13 N–H and O–H groups in total. The van der Waals surface area contributed by atoms with Crippen molar-refractivity contribution >= 4 is 11.0 Å². The lowest BCUT2D eigenvalue weighted by Gasteiger charge is -2.45. The minimum Gasteiger partial charge on any atom is -0.508 e. The van der Waals surface area contributed by atoms with Crippen LogP contribution in [-0.2, 0) is 18.9 Å². The van der Waals surface area contributed by atoms with Crippen LogP contribution in [0.2, 0.25) is 0 Å². The van der Waals surface area contributed by atoms with Gasteiger partial charge in [-0.2, -0.15) is 0 Å². The van der Waals surface area contributed by atoms with E-state index < -0.39 is 118 Å². The van der Waals surface area contributed by atoms with Gasteiger partial charge in [0.15, 0.2) is 12.4 Å². The fourth-order valence-corrected chi connectivity index (χ4v) is 6.22. The van der Waals surface area contributed by atoms with Gasteiger partial charge in [0.2, 0.25) is 18.3 Å². The van der Waals surface area contributed by atoms with E-state index in [1.54, 1.807) is 0 Å². The summed E-state index contributed by atoms with van der Waals surface area (Å²) in [5, 5.41) is 134. The molecule has 1 aromatic heterocycles. The zero-order valence-corrected chi connectivity index (χ0v) is 27.5. The maximum Gasteiger partial charge on any atom is 0.402 e. The fourth-order valence-electron chi connectivity index (χ4n) is 6.22. The molecule has 0 amide bonds. The third-order valence-electron chi connectivity index (χ3n) is 9.23. The van der Waals surface area contributed by atoms with Crippen molar-refractivity contribution in [2.75, 3.05) is 19.8 Å². The van der Waals surface area contributed by atoms with Gasteiger partial charge in [-0.3, -0.25) is 0 Å². The molecule has 15 atom stereocenters. The number of phenolic OH excluding ortho intramolecular Hbond substituents is 2. The Morgan fingerprint density at radius 2 is 1.04 bits per heavy atom. The van der Waals surface area contributed by atoms with Gasteiger partial charge in [0.25, 0.3) is 0 Å². The maximum absolute atomic E-state index is 11.2. The van der Waals surface area contributed by atoms with Crippen LogP contribution in [0.15, 0.2) is 46.9 Å². The lowest BCUT2D eigenvalue weighted by Crippen LogP contribution is -2.65. The van der Waals surface area contributed by atoms with E-state index in [0.29, 0.717) is 0 Å². The van der Waals surface area contributed by atoms with Crippen LogP contribution in [0.1, 0.15) is 0 Å². The minimum absolute atomic E-state index is 0.0128. The van der Waals surface area contributed by atoms with Gasteiger partial charge in [-0.15, -0.1) is 0 Å². The number of benzene rings is 2. The second kappa shape index (κ2) is 16.0. The third kappa shape index (κ3) is 7.71. The predicted molar refractivity (Wildman–Crippen MR) is 171 cm³/mol. The molecule has 3 saturated heterocycles. The van der Waals surface area contributed by atoms with Gasteiger partial charge >= 0.3 is 11.3 Å². The van der Waals surface area contributed by atoms with Gasteiger partial charge in [0.05, 0.1) is 31.5 Å². The number of aliphatic hydroxyl groups is 11. The summed E-state index contributed by atoms with van der Waals surface area (Å²) in [6, 6.07) is 9.07. The summed E-state index contributed by atoms with van der Waals surface area (Å²) in [6.07, 6.45) is -25.9. The summed E-state index contributed by atoms with van der Waals surface area (Å²) in [5.74, 6) is -1.09. The van der Waals surface area contributed by atoms with Crippen molar-refractivity contribution in [2.45, 2.75) is 92.1 Å². The first kappa shape index (κ1) is 39.2. The molecular weight excluding hydrogens is 716 g/mol. The zero-order valence-electron chi connectivity index (χ0n) is 27.5. The van der Waals surface area contributed by atoms with Crippen molar-refractivity contribution in [1.82, 2.24) is 0 Å². The van der Waals surface area contributed by atoms with Crippen LogP contribution in [0.3, 0.4) is 0 Å². The fraction of sp³-hybridized carbons (Fsp3) is 0.545. The Kier molecular flexibility index (Phi) is 11.9.